The molecule has 108 valence electrons. The molecule has 0 atom stereocenters. The van der Waals surface area contributed by atoms with Crippen molar-refractivity contribution in [1.82, 2.24) is 15.0 Å². The van der Waals surface area contributed by atoms with Crippen molar-refractivity contribution in [2.75, 3.05) is 0 Å². The monoisotopic (exact) mass is 285 g/mol. The Labute approximate surface area is 113 Å². The van der Waals surface area contributed by atoms with E-state index in [1.165, 1.54) is 23.0 Å². The minimum absolute atomic E-state index is 0.270. The van der Waals surface area contributed by atoms with Gasteiger partial charge in [0.1, 0.15) is 0 Å². The third-order valence-electron chi connectivity index (χ3n) is 2.59. The van der Waals surface area contributed by atoms with Gasteiger partial charge in [-0.2, -0.15) is 13.2 Å². The molecule has 0 unspecified atom stereocenters. The SMILES string of the molecule is CC(C)(O)Cc1cn(-c2cccc(C(F)(F)F)c2)nn1. The van der Waals surface area contributed by atoms with Gasteiger partial charge in [-0.1, -0.05) is 11.3 Å². The molecular weight excluding hydrogens is 271 g/mol. The Hall–Kier alpha value is -1.89. The Kier molecular flexibility index (Phi) is 3.56. The van der Waals surface area contributed by atoms with Crippen molar-refractivity contribution in [3.8, 4) is 5.69 Å². The molecule has 0 spiro atoms. The smallest absolute Gasteiger partial charge is 0.390 e. The van der Waals surface area contributed by atoms with E-state index in [-0.39, 0.29) is 12.1 Å². The maximum atomic E-state index is 12.6. The average Bonchev–Trinajstić information content (AvgIpc) is 2.74. The van der Waals surface area contributed by atoms with Crippen LogP contribution in [0.1, 0.15) is 25.1 Å². The zero-order valence-electron chi connectivity index (χ0n) is 11.0. The fraction of sp³-hybridized carbons (Fsp3) is 0.385. The van der Waals surface area contributed by atoms with E-state index in [1.54, 1.807) is 13.8 Å². The molecule has 0 fully saturated rings. The average molecular weight is 285 g/mol. The Bertz CT molecular complexity index is 599. The minimum atomic E-state index is -4.40. The predicted molar refractivity (Wildman–Crippen MR) is 66.4 cm³/mol. The standard InChI is InChI=1S/C13H14F3N3O/c1-12(2,20)7-10-8-19(18-17-10)11-5-3-4-9(6-11)13(14,15)16/h3-6,8,20H,7H2,1-2H3. The lowest BCUT2D eigenvalue weighted by molar-refractivity contribution is -0.137. The summed E-state index contributed by atoms with van der Waals surface area (Å²) in [4.78, 5) is 0. The lowest BCUT2D eigenvalue weighted by atomic mass is 10.0. The third kappa shape index (κ3) is 3.57. The Balaban J connectivity index is 2.29. The topological polar surface area (TPSA) is 50.9 Å². The second kappa shape index (κ2) is 4.90. The van der Waals surface area contributed by atoms with E-state index in [0.717, 1.165) is 12.1 Å². The van der Waals surface area contributed by atoms with Gasteiger partial charge in [0.15, 0.2) is 0 Å². The number of hydrogen-bond donors (Lipinski definition) is 1. The van der Waals surface area contributed by atoms with E-state index < -0.39 is 17.3 Å². The van der Waals surface area contributed by atoms with Crippen LogP contribution in [-0.4, -0.2) is 25.7 Å². The summed E-state index contributed by atoms with van der Waals surface area (Å²) in [5.74, 6) is 0. The van der Waals surface area contributed by atoms with E-state index in [4.69, 9.17) is 0 Å². The minimum Gasteiger partial charge on any atom is -0.390 e. The highest BCUT2D eigenvalue weighted by Gasteiger charge is 2.30. The molecule has 1 aromatic carbocycles. The second-order valence-corrected chi connectivity index (χ2v) is 5.19. The largest absolute Gasteiger partial charge is 0.416 e. The molecule has 1 aromatic heterocycles. The Morgan fingerprint density at radius 3 is 2.55 bits per heavy atom. The molecule has 20 heavy (non-hydrogen) atoms. The first kappa shape index (κ1) is 14.5. The third-order valence-corrected chi connectivity index (χ3v) is 2.59. The van der Waals surface area contributed by atoms with E-state index in [9.17, 15) is 18.3 Å². The number of hydrogen-bond acceptors (Lipinski definition) is 3. The van der Waals surface area contributed by atoms with Gasteiger partial charge < -0.3 is 5.11 Å². The molecule has 2 aromatic rings. The fourth-order valence-electron chi connectivity index (χ4n) is 1.77. The van der Waals surface area contributed by atoms with Gasteiger partial charge in [-0.15, -0.1) is 5.10 Å². The first-order valence-corrected chi connectivity index (χ1v) is 5.96. The van der Waals surface area contributed by atoms with Crippen LogP contribution in [0.2, 0.25) is 0 Å². The van der Waals surface area contributed by atoms with Gasteiger partial charge in [0, 0.05) is 6.42 Å². The Morgan fingerprint density at radius 1 is 1.25 bits per heavy atom. The van der Waals surface area contributed by atoms with Gasteiger partial charge in [-0.25, -0.2) is 4.68 Å². The summed E-state index contributed by atoms with van der Waals surface area (Å²) >= 11 is 0. The van der Waals surface area contributed by atoms with Crippen LogP contribution < -0.4 is 0 Å². The number of nitrogens with zero attached hydrogens (tertiary/aromatic N) is 3. The van der Waals surface area contributed by atoms with Crippen LogP contribution in [-0.2, 0) is 12.6 Å². The van der Waals surface area contributed by atoms with Gasteiger partial charge in [-0.05, 0) is 32.0 Å². The molecule has 0 aliphatic rings. The van der Waals surface area contributed by atoms with Gasteiger partial charge >= 0.3 is 6.18 Å². The van der Waals surface area contributed by atoms with Crippen LogP contribution in [0.25, 0.3) is 5.69 Å². The van der Waals surface area contributed by atoms with E-state index in [0.29, 0.717) is 5.69 Å². The van der Waals surface area contributed by atoms with Crippen LogP contribution in [0.3, 0.4) is 0 Å². The molecule has 0 aliphatic heterocycles. The normalized spacial score (nSPS) is 12.7. The van der Waals surface area contributed by atoms with Crippen LogP contribution in [0.5, 0.6) is 0 Å². The van der Waals surface area contributed by atoms with Crippen molar-refractivity contribution < 1.29 is 18.3 Å². The molecule has 4 nitrogen and oxygen atoms in total. The highest BCUT2D eigenvalue weighted by molar-refractivity contribution is 5.36. The van der Waals surface area contributed by atoms with Crippen molar-refractivity contribution in [2.24, 2.45) is 0 Å². The summed E-state index contributed by atoms with van der Waals surface area (Å²) < 4.78 is 39.2. The van der Waals surface area contributed by atoms with Crippen molar-refractivity contribution in [1.29, 1.82) is 0 Å². The van der Waals surface area contributed by atoms with Gasteiger partial charge in [0.2, 0.25) is 0 Å². The number of halogens is 3. The van der Waals surface area contributed by atoms with Crippen LogP contribution in [0.15, 0.2) is 30.5 Å². The lowest BCUT2D eigenvalue weighted by Gasteiger charge is -2.14. The Morgan fingerprint density at radius 2 is 1.95 bits per heavy atom. The molecule has 0 bridgehead atoms. The molecular formula is C13H14F3N3O. The van der Waals surface area contributed by atoms with Crippen molar-refractivity contribution in [3.63, 3.8) is 0 Å². The van der Waals surface area contributed by atoms with Crippen molar-refractivity contribution >= 4 is 0 Å². The molecule has 0 saturated heterocycles. The second-order valence-electron chi connectivity index (χ2n) is 5.19. The van der Waals surface area contributed by atoms with Gasteiger partial charge in [-0.3, -0.25) is 0 Å². The molecule has 1 N–H and O–H groups in total. The van der Waals surface area contributed by atoms with Crippen molar-refractivity contribution in [3.05, 3.63) is 41.7 Å². The molecule has 1 heterocycles. The number of benzene rings is 1. The fourth-order valence-corrected chi connectivity index (χ4v) is 1.77. The summed E-state index contributed by atoms with van der Waals surface area (Å²) in [6.45, 7) is 3.24. The molecule has 7 heteroatoms. The van der Waals surface area contributed by atoms with Gasteiger partial charge in [0.25, 0.3) is 0 Å². The van der Waals surface area contributed by atoms with E-state index in [2.05, 4.69) is 10.3 Å². The summed E-state index contributed by atoms with van der Waals surface area (Å²) in [7, 11) is 0. The zero-order chi connectivity index (χ0) is 15.0. The van der Waals surface area contributed by atoms with Crippen LogP contribution in [0.4, 0.5) is 13.2 Å². The lowest BCUT2D eigenvalue weighted by Crippen LogP contribution is -2.22. The van der Waals surface area contributed by atoms with Crippen molar-refractivity contribution in [2.45, 2.75) is 32.0 Å². The summed E-state index contributed by atoms with van der Waals surface area (Å²) in [6.07, 6.45) is -2.62. The quantitative estimate of drug-likeness (QED) is 0.943. The molecule has 0 radical (unpaired) electrons. The van der Waals surface area contributed by atoms with Crippen LogP contribution >= 0.6 is 0 Å². The number of alkyl halides is 3. The predicted octanol–water partition coefficient (Wildman–Crippen LogP) is 2.60. The number of rotatable bonds is 3. The maximum absolute atomic E-state index is 12.6. The first-order valence-electron chi connectivity index (χ1n) is 5.96. The molecule has 0 aliphatic carbocycles. The van der Waals surface area contributed by atoms with Crippen LogP contribution in [0, 0.1) is 0 Å². The molecule has 0 amide bonds. The van der Waals surface area contributed by atoms with E-state index >= 15 is 0 Å². The summed E-state index contributed by atoms with van der Waals surface area (Å²) in [6, 6.07) is 4.83. The summed E-state index contributed by atoms with van der Waals surface area (Å²) in [5, 5.41) is 17.3. The first-order chi connectivity index (χ1) is 9.15. The maximum Gasteiger partial charge on any atom is 0.416 e. The number of aromatic nitrogens is 3. The highest BCUT2D eigenvalue weighted by Crippen LogP contribution is 2.30. The zero-order valence-corrected chi connectivity index (χ0v) is 11.0. The highest BCUT2D eigenvalue weighted by atomic mass is 19.4. The molecule has 2 rings (SSSR count). The molecule has 0 saturated carbocycles. The van der Waals surface area contributed by atoms with E-state index in [1.807, 2.05) is 0 Å². The number of aliphatic hydroxyl groups is 1. The summed E-state index contributed by atoms with van der Waals surface area (Å²) in [5.41, 5.74) is -0.909. The van der Waals surface area contributed by atoms with Gasteiger partial charge in [0.05, 0.1) is 28.7 Å².